The van der Waals surface area contributed by atoms with E-state index in [2.05, 4.69) is 10.3 Å². The molecular formula is C19H12F4IN3O. The first-order chi connectivity index (χ1) is 13.3. The summed E-state index contributed by atoms with van der Waals surface area (Å²) in [6, 6.07) is 6.45. The van der Waals surface area contributed by atoms with Gasteiger partial charge in [-0.3, -0.25) is 4.79 Å². The first-order valence-electron chi connectivity index (χ1n) is 7.88. The molecule has 0 aliphatic rings. The zero-order valence-corrected chi connectivity index (χ0v) is 16.2. The lowest BCUT2D eigenvalue weighted by Crippen LogP contribution is -2.08. The summed E-state index contributed by atoms with van der Waals surface area (Å²) in [5, 5.41) is 2.41. The summed E-state index contributed by atoms with van der Waals surface area (Å²) in [7, 11) is 0. The molecule has 1 aromatic heterocycles. The van der Waals surface area contributed by atoms with Crippen LogP contribution in [0.2, 0.25) is 0 Å². The molecule has 0 radical (unpaired) electrons. The summed E-state index contributed by atoms with van der Waals surface area (Å²) in [4.78, 5) is 15.0. The topological polar surface area (TPSA) is 68.0 Å². The number of rotatable bonds is 5. The zero-order valence-electron chi connectivity index (χ0n) is 14.1. The van der Waals surface area contributed by atoms with Crippen LogP contribution in [-0.2, 0) is 6.42 Å². The smallest absolute Gasteiger partial charge is 0.183 e. The number of anilines is 3. The number of carbonyl (C=O) groups is 1. The number of benzene rings is 2. The van der Waals surface area contributed by atoms with E-state index in [-0.39, 0.29) is 34.6 Å². The number of halogens is 5. The van der Waals surface area contributed by atoms with Crippen LogP contribution in [0, 0.1) is 26.8 Å². The largest absolute Gasteiger partial charge is 0.381 e. The third kappa shape index (κ3) is 3.93. The Morgan fingerprint density at radius 3 is 2.46 bits per heavy atom. The van der Waals surface area contributed by atoms with Gasteiger partial charge in [-0.25, -0.2) is 22.5 Å². The molecule has 0 fully saturated rings. The maximum atomic E-state index is 14.6. The second kappa shape index (κ2) is 8.13. The van der Waals surface area contributed by atoms with Gasteiger partial charge in [-0.15, -0.1) is 0 Å². The van der Waals surface area contributed by atoms with E-state index in [9.17, 15) is 22.4 Å². The lowest BCUT2D eigenvalue weighted by molar-refractivity contribution is 0.112. The van der Waals surface area contributed by atoms with E-state index < -0.39 is 29.0 Å². The van der Waals surface area contributed by atoms with E-state index in [0.29, 0.717) is 9.86 Å². The third-order valence-electron chi connectivity index (χ3n) is 4.01. The molecule has 0 amide bonds. The van der Waals surface area contributed by atoms with Gasteiger partial charge >= 0.3 is 0 Å². The molecule has 144 valence electrons. The van der Waals surface area contributed by atoms with Gasteiger partial charge in [0.05, 0.1) is 11.4 Å². The van der Waals surface area contributed by atoms with Crippen LogP contribution in [0.4, 0.5) is 34.8 Å². The number of nitrogen functional groups attached to an aromatic ring is 1. The Bertz CT molecular complexity index is 1080. The van der Waals surface area contributed by atoms with Gasteiger partial charge in [0, 0.05) is 21.8 Å². The number of pyridine rings is 1. The van der Waals surface area contributed by atoms with Crippen molar-refractivity contribution in [2.24, 2.45) is 0 Å². The second-order valence-corrected chi connectivity index (χ2v) is 7.09. The Morgan fingerprint density at radius 2 is 1.79 bits per heavy atom. The first kappa shape index (κ1) is 20.1. The molecule has 4 nitrogen and oxygen atoms in total. The predicted molar refractivity (Wildman–Crippen MR) is 106 cm³/mol. The lowest BCUT2D eigenvalue weighted by atomic mass is 10.0. The van der Waals surface area contributed by atoms with Crippen molar-refractivity contribution >= 4 is 46.1 Å². The molecule has 2 aromatic carbocycles. The number of nitrogens with one attached hydrogen (secondary N) is 1. The number of aldehydes is 1. The van der Waals surface area contributed by atoms with Crippen LogP contribution >= 0.6 is 22.6 Å². The summed E-state index contributed by atoms with van der Waals surface area (Å²) >= 11 is 1.90. The van der Waals surface area contributed by atoms with Gasteiger partial charge < -0.3 is 11.1 Å². The van der Waals surface area contributed by atoms with Crippen LogP contribution in [0.15, 0.2) is 36.5 Å². The normalized spacial score (nSPS) is 10.8. The van der Waals surface area contributed by atoms with Gasteiger partial charge in [0.1, 0.15) is 5.82 Å². The average Bonchev–Trinajstić information content (AvgIpc) is 2.66. The molecule has 0 unspecified atom stereocenters. The maximum absolute atomic E-state index is 14.6. The van der Waals surface area contributed by atoms with Gasteiger partial charge in [0.2, 0.25) is 0 Å². The zero-order chi connectivity index (χ0) is 20.4. The van der Waals surface area contributed by atoms with E-state index in [1.165, 1.54) is 24.4 Å². The lowest BCUT2D eigenvalue weighted by Gasteiger charge is -2.14. The number of hydrogen-bond acceptors (Lipinski definition) is 4. The molecule has 0 atom stereocenters. The number of nitrogens with zero attached hydrogens (tertiary/aromatic N) is 1. The van der Waals surface area contributed by atoms with Gasteiger partial charge in [-0.2, -0.15) is 0 Å². The van der Waals surface area contributed by atoms with Crippen LogP contribution < -0.4 is 11.1 Å². The SMILES string of the molecule is Nc1nccc(Cc2cc(C=O)c(Nc3ccc(I)cc3F)c(F)c2F)c1F. The summed E-state index contributed by atoms with van der Waals surface area (Å²) in [5.41, 5.74) is 4.25. The maximum Gasteiger partial charge on any atom is 0.183 e. The monoisotopic (exact) mass is 501 g/mol. The van der Waals surface area contributed by atoms with Gasteiger partial charge in [-0.1, -0.05) is 0 Å². The van der Waals surface area contributed by atoms with E-state index in [0.717, 1.165) is 6.07 Å². The molecule has 0 aliphatic heterocycles. The highest BCUT2D eigenvalue weighted by molar-refractivity contribution is 14.1. The number of carbonyl (C=O) groups excluding carboxylic acids is 1. The first-order valence-corrected chi connectivity index (χ1v) is 8.96. The Morgan fingerprint density at radius 1 is 1.04 bits per heavy atom. The van der Waals surface area contributed by atoms with Crippen molar-refractivity contribution in [3.63, 3.8) is 0 Å². The highest BCUT2D eigenvalue weighted by Crippen LogP contribution is 2.31. The molecule has 0 spiro atoms. The minimum Gasteiger partial charge on any atom is -0.381 e. The van der Waals surface area contributed by atoms with Crippen molar-refractivity contribution in [3.05, 3.63) is 80.1 Å². The molecule has 1 heterocycles. The Kier molecular flexibility index (Phi) is 5.82. The fourth-order valence-electron chi connectivity index (χ4n) is 2.62. The molecule has 0 aliphatic carbocycles. The second-order valence-electron chi connectivity index (χ2n) is 5.84. The van der Waals surface area contributed by atoms with Crippen LogP contribution in [-0.4, -0.2) is 11.3 Å². The summed E-state index contributed by atoms with van der Waals surface area (Å²) in [5.74, 6) is -4.57. The molecule has 9 heteroatoms. The number of hydrogen-bond donors (Lipinski definition) is 2. The molecule has 3 rings (SSSR count). The van der Waals surface area contributed by atoms with Gasteiger partial charge in [0.25, 0.3) is 0 Å². The van der Waals surface area contributed by atoms with Crippen molar-refractivity contribution in [1.82, 2.24) is 4.98 Å². The van der Waals surface area contributed by atoms with Crippen LogP contribution in [0.5, 0.6) is 0 Å². The van der Waals surface area contributed by atoms with E-state index in [1.807, 2.05) is 22.6 Å². The van der Waals surface area contributed by atoms with Crippen molar-refractivity contribution in [2.45, 2.75) is 6.42 Å². The van der Waals surface area contributed by atoms with E-state index >= 15 is 0 Å². The van der Waals surface area contributed by atoms with Crippen LogP contribution in [0.3, 0.4) is 0 Å². The highest BCUT2D eigenvalue weighted by Gasteiger charge is 2.21. The molecule has 3 N–H and O–H groups in total. The number of nitrogens with two attached hydrogens (primary N) is 1. The molecular weight excluding hydrogens is 489 g/mol. The van der Waals surface area contributed by atoms with Crippen molar-refractivity contribution in [3.8, 4) is 0 Å². The van der Waals surface area contributed by atoms with Gasteiger partial charge in [-0.05, 0) is 64.0 Å². The van der Waals surface area contributed by atoms with Crippen LogP contribution in [0.1, 0.15) is 21.5 Å². The molecule has 0 saturated carbocycles. The summed E-state index contributed by atoms with van der Waals surface area (Å²) in [6.07, 6.45) is 1.19. The van der Waals surface area contributed by atoms with Gasteiger partial charge in [0.15, 0.2) is 29.6 Å². The Labute approximate surface area is 170 Å². The highest BCUT2D eigenvalue weighted by atomic mass is 127. The predicted octanol–water partition coefficient (Wildman–Crippen LogP) is 4.97. The van der Waals surface area contributed by atoms with Crippen molar-refractivity contribution < 1.29 is 22.4 Å². The fraction of sp³-hybridized carbons (Fsp3) is 0.0526. The average molecular weight is 501 g/mol. The quantitative estimate of drug-likeness (QED) is 0.295. The summed E-state index contributed by atoms with van der Waals surface area (Å²) < 4.78 is 57.9. The van der Waals surface area contributed by atoms with Crippen molar-refractivity contribution in [1.29, 1.82) is 0 Å². The number of aromatic nitrogens is 1. The Hall–Kier alpha value is -2.69. The molecule has 0 saturated heterocycles. The molecule has 28 heavy (non-hydrogen) atoms. The minimum absolute atomic E-state index is 0.00737. The minimum atomic E-state index is -1.38. The Balaban J connectivity index is 2.03. The molecule has 3 aromatic rings. The molecule has 0 bridgehead atoms. The van der Waals surface area contributed by atoms with Crippen LogP contribution in [0.25, 0.3) is 0 Å². The third-order valence-corrected chi connectivity index (χ3v) is 4.68. The fourth-order valence-corrected chi connectivity index (χ4v) is 3.07. The standard InChI is InChI=1S/C19H12F4IN3O/c20-13-7-12(24)1-2-14(13)27-18-11(8-28)6-10(15(21)17(18)23)5-9-3-4-26-19(25)16(9)22/h1-4,6-8,27H,5H2,(H2,25,26). The van der Waals surface area contributed by atoms with E-state index in [1.54, 1.807) is 6.07 Å². The van der Waals surface area contributed by atoms with Crippen molar-refractivity contribution in [2.75, 3.05) is 11.1 Å². The van der Waals surface area contributed by atoms with E-state index in [4.69, 9.17) is 5.73 Å². The summed E-state index contributed by atoms with van der Waals surface area (Å²) in [6.45, 7) is 0.